The Morgan fingerprint density at radius 1 is 1.17 bits per heavy atom. The summed E-state index contributed by atoms with van der Waals surface area (Å²) >= 11 is 1.31. The third-order valence-corrected chi connectivity index (χ3v) is 15.7. The molecule has 1 aromatic rings. The van der Waals surface area contributed by atoms with Gasteiger partial charge < -0.3 is 25.0 Å². The van der Waals surface area contributed by atoms with Crippen molar-refractivity contribution in [2.45, 2.75) is 88.6 Å². The van der Waals surface area contributed by atoms with Crippen LogP contribution in [0.1, 0.15) is 53.0 Å². The summed E-state index contributed by atoms with van der Waals surface area (Å²) in [5.74, 6) is -0.905. The van der Waals surface area contributed by atoms with Crippen LogP contribution in [0.5, 0.6) is 0 Å². The van der Waals surface area contributed by atoms with Crippen LogP contribution in [0.2, 0.25) is 17.1 Å². The molecule has 2 saturated heterocycles. The molecule has 2 aliphatic heterocycles. The Bertz CT molecular complexity index is 1200. The van der Waals surface area contributed by atoms with Crippen molar-refractivity contribution in [3.8, 4) is 0 Å². The maximum Gasteiger partial charge on any atom is 0.309 e. The normalized spacial score (nSPS) is 21.1. The summed E-state index contributed by atoms with van der Waals surface area (Å²) in [6.07, 6.45) is 1.37. The first-order chi connectivity index (χ1) is 21.6. The Balaban J connectivity index is 1.66. The van der Waals surface area contributed by atoms with Crippen molar-refractivity contribution >= 4 is 43.6 Å². The predicted molar refractivity (Wildman–Crippen MR) is 178 cm³/mol. The second-order valence-corrected chi connectivity index (χ2v) is 19.1. The standard InChI is InChI=1S/C30H50N6O8SSi/c1-21(37)25-17-31-13-16-35(25)33-27(38)18-32-28(39)22(2)45-20-26(46(6,30(3,4)5)44-34-14-7-8-15-34)29(40)43-19-23-9-11-24(12-10-23)36(41)42/h9-12,21-22,25-26,31,37H,7-8,13-20H2,1-6H3,(H,32,39)(H,33,38)/t21-,22-,25-,26+,46?/m0/s1. The number of hydrazine groups is 1. The molecule has 2 aliphatic rings. The Hall–Kier alpha value is -2.60. The molecule has 0 bridgehead atoms. The van der Waals surface area contributed by atoms with Gasteiger partial charge in [-0.2, -0.15) is 0 Å². The lowest BCUT2D eigenvalue weighted by Crippen LogP contribution is -2.62. The Morgan fingerprint density at radius 3 is 2.41 bits per heavy atom. The van der Waals surface area contributed by atoms with Crippen LogP contribution in [0.4, 0.5) is 5.69 Å². The fourth-order valence-corrected chi connectivity index (χ4v) is 10.4. The third-order valence-electron chi connectivity index (χ3n) is 8.76. The van der Waals surface area contributed by atoms with Crippen LogP contribution >= 0.6 is 11.8 Å². The summed E-state index contributed by atoms with van der Waals surface area (Å²) in [5, 5.41) is 29.6. The second-order valence-electron chi connectivity index (χ2n) is 13.1. The van der Waals surface area contributed by atoms with E-state index in [1.54, 1.807) is 31.0 Å². The molecule has 1 unspecified atom stereocenters. The maximum absolute atomic E-state index is 13.8. The average Bonchev–Trinajstić information content (AvgIpc) is 3.51. The van der Waals surface area contributed by atoms with Gasteiger partial charge >= 0.3 is 5.97 Å². The van der Waals surface area contributed by atoms with E-state index in [9.17, 15) is 29.6 Å². The highest BCUT2D eigenvalue weighted by molar-refractivity contribution is 8.00. The number of thioether (sulfide) groups is 1. The molecule has 46 heavy (non-hydrogen) atoms. The number of nitrogens with one attached hydrogen (secondary N) is 3. The van der Waals surface area contributed by atoms with E-state index in [2.05, 4.69) is 36.8 Å². The molecule has 0 aromatic heterocycles. The molecule has 5 atom stereocenters. The number of aliphatic hydroxyl groups excluding tert-OH is 1. The van der Waals surface area contributed by atoms with Gasteiger partial charge in [0.05, 0.1) is 34.4 Å². The van der Waals surface area contributed by atoms with Gasteiger partial charge in [0.1, 0.15) is 6.61 Å². The molecule has 1 aromatic carbocycles. The first-order valence-electron chi connectivity index (χ1n) is 15.8. The van der Waals surface area contributed by atoms with Gasteiger partial charge in [-0.25, -0.2) is 10.1 Å². The van der Waals surface area contributed by atoms with Crippen LogP contribution in [0.3, 0.4) is 0 Å². The number of non-ortho nitro benzene ring substituents is 1. The van der Waals surface area contributed by atoms with Crippen molar-refractivity contribution in [1.82, 2.24) is 26.1 Å². The minimum Gasteiger partial charge on any atom is -0.461 e. The highest BCUT2D eigenvalue weighted by Gasteiger charge is 2.54. The second kappa shape index (κ2) is 17.0. The van der Waals surface area contributed by atoms with Crippen LogP contribution in [-0.2, 0) is 30.3 Å². The highest BCUT2D eigenvalue weighted by Crippen LogP contribution is 2.47. The molecular formula is C30H50N6O8SSi. The summed E-state index contributed by atoms with van der Waals surface area (Å²) in [6.45, 7) is 14.6. The molecule has 2 heterocycles. The highest BCUT2D eigenvalue weighted by atomic mass is 32.2. The van der Waals surface area contributed by atoms with Crippen LogP contribution in [-0.4, -0.2) is 109 Å². The summed E-state index contributed by atoms with van der Waals surface area (Å²) in [7, 11) is -2.94. The van der Waals surface area contributed by atoms with Gasteiger partial charge in [-0.15, -0.1) is 11.8 Å². The van der Waals surface area contributed by atoms with Crippen molar-refractivity contribution in [2.24, 2.45) is 0 Å². The van der Waals surface area contributed by atoms with Crippen molar-refractivity contribution in [3.63, 3.8) is 0 Å². The number of ether oxygens (including phenoxy) is 1. The molecule has 258 valence electrons. The van der Waals surface area contributed by atoms with Crippen LogP contribution in [0, 0.1) is 10.1 Å². The number of nitro groups is 1. The largest absolute Gasteiger partial charge is 0.461 e. The number of esters is 1. The van der Waals surface area contributed by atoms with Crippen molar-refractivity contribution < 1.29 is 33.7 Å². The number of benzene rings is 1. The zero-order chi connectivity index (χ0) is 34.1. The zero-order valence-corrected chi connectivity index (χ0v) is 29.6. The van der Waals surface area contributed by atoms with E-state index < -0.39 is 42.0 Å². The monoisotopic (exact) mass is 682 g/mol. The lowest BCUT2D eigenvalue weighted by atomic mass is 10.1. The number of amides is 2. The minimum atomic E-state index is -2.94. The van der Waals surface area contributed by atoms with E-state index in [1.807, 2.05) is 11.6 Å². The fourth-order valence-electron chi connectivity index (χ4n) is 5.31. The van der Waals surface area contributed by atoms with Crippen molar-refractivity contribution in [1.29, 1.82) is 0 Å². The molecule has 0 spiro atoms. The number of hydroxylamine groups is 2. The first kappa shape index (κ1) is 37.9. The fraction of sp³-hybridized carbons (Fsp3) is 0.700. The van der Waals surface area contributed by atoms with E-state index in [4.69, 9.17) is 9.26 Å². The summed E-state index contributed by atoms with van der Waals surface area (Å²) in [4.78, 5) is 50.0. The van der Waals surface area contributed by atoms with E-state index >= 15 is 0 Å². The number of nitrogens with zero attached hydrogens (tertiary/aromatic N) is 3. The number of carbonyl (C=O) groups excluding carboxylic acids is 3. The van der Waals surface area contributed by atoms with E-state index in [0.29, 0.717) is 25.2 Å². The number of rotatable bonds is 15. The van der Waals surface area contributed by atoms with Gasteiger partial charge in [0.15, 0.2) is 0 Å². The van der Waals surface area contributed by atoms with Gasteiger partial charge in [0.2, 0.25) is 14.2 Å². The Morgan fingerprint density at radius 2 is 1.83 bits per heavy atom. The predicted octanol–water partition coefficient (Wildman–Crippen LogP) is 2.33. The quantitative estimate of drug-likeness (QED) is 0.0921. The molecule has 14 nitrogen and oxygen atoms in total. The van der Waals surface area contributed by atoms with Gasteiger partial charge in [-0.3, -0.25) is 29.9 Å². The van der Waals surface area contributed by atoms with E-state index in [-0.39, 0.29) is 41.6 Å². The molecule has 2 fully saturated rings. The topological polar surface area (TPSA) is 176 Å². The Kier molecular flexibility index (Phi) is 14.0. The molecular weight excluding hydrogens is 633 g/mol. The van der Waals surface area contributed by atoms with Crippen molar-refractivity contribution in [3.05, 3.63) is 39.9 Å². The van der Waals surface area contributed by atoms with Crippen molar-refractivity contribution in [2.75, 3.05) is 45.0 Å². The number of carbonyl (C=O) groups is 3. The number of hydrogen-bond donors (Lipinski definition) is 4. The third kappa shape index (κ3) is 10.5. The molecule has 2 amide bonds. The molecule has 16 heteroatoms. The molecule has 3 rings (SSSR count). The van der Waals surface area contributed by atoms with Crippen LogP contribution < -0.4 is 16.1 Å². The van der Waals surface area contributed by atoms with Gasteiger partial charge in [-0.05, 0) is 56.0 Å². The van der Waals surface area contributed by atoms with Gasteiger partial charge in [-0.1, -0.05) is 20.8 Å². The minimum absolute atomic E-state index is 0.0476. The number of nitro benzene ring substituents is 1. The molecule has 4 N–H and O–H groups in total. The zero-order valence-electron chi connectivity index (χ0n) is 27.7. The first-order valence-corrected chi connectivity index (χ1v) is 19.3. The number of aliphatic hydroxyl groups is 1. The van der Waals surface area contributed by atoms with Gasteiger partial charge in [0.25, 0.3) is 11.6 Å². The van der Waals surface area contributed by atoms with Gasteiger partial charge in [0, 0.05) is 50.6 Å². The smallest absolute Gasteiger partial charge is 0.309 e. The lowest BCUT2D eigenvalue weighted by Gasteiger charge is -2.45. The van der Waals surface area contributed by atoms with E-state index in [1.165, 1.54) is 23.9 Å². The summed E-state index contributed by atoms with van der Waals surface area (Å²) in [6, 6.07) is 5.59. The number of piperazine rings is 1. The summed E-state index contributed by atoms with van der Waals surface area (Å²) in [5.41, 5.74) is 2.71. The Labute approximate surface area is 276 Å². The average molecular weight is 683 g/mol. The number of hydrogen-bond acceptors (Lipinski definition) is 12. The maximum atomic E-state index is 13.8. The molecule has 0 radical (unpaired) electrons. The van der Waals surface area contributed by atoms with E-state index in [0.717, 1.165) is 25.9 Å². The lowest BCUT2D eigenvalue weighted by molar-refractivity contribution is -0.384. The molecule has 0 aliphatic carbocycles. The van der Waals surface area contributed by atoms with Crippen LogP contribution in [0.15, 0.2) is 24.3 Å². The SMILES string of the molecule is C[C@H](SC[C@H](C(=O)OCc1ccc([N+](=O)[O-])cc1)[Si](C)(ON1CCCC1)C(C)(C)C)C(=O)NCC(=O)NN1CCNC[C@H]1[C@H](C)O. The summed E-state index contributed by atoms with van der Waals surface area (Å²) < 4.78 is 12.5. The molecule has 0 saturated carbocycles. The van der Waals surface area contributed by atoms with Crippen LogP contribution in [0.25, 0.3) is 0 Å².